The topological polar surface area (TPSA) is 0 Å². The van der Waals surface area contributed by atoms with E-state index in [-0.39, 0.29) is 5.04 Å². The van der Waals surface area contributed by atoms with Gasteiger partial charge in [0.1, 0.15) is 0 Å². The molecule has 0 nitrogen and oxygen atoms in total. The van der Waals surface area contributed by atoms with E-state index >= 15 is 0 Å². The molecular weight excluding hydrogens is 352 g/mol. The first kappa shape index (κ1) is 21.1. The molecule has 0 heterocycles. The number of aryl methyl sites for hydroxylation is 2. The molecule has 0 fully saturated rings. The van der Waals surface area contributed by atoms with Gasteiger partial charge in [0.25, 0.3) is 0 Å². The molecule has 2 aliphatic rings. The van der Waals surface area contributed by atoms with Crippen molar-refractivity contribution < 1.29 is 0 Å². The van der Waals surface area contributed by atoms with Crippen LogP contribution in [0.25, 0.3) is 0 Å². The summed E-state index contributed by atoms with van der Waals surface area (Å²) in [6.07, 6.45) is 18.6. The average molecular weight is 391 g/mol. The summed E-state index contributed by atoms with van der Waals surface area (Å²) in [6.45, 7) is 13.9. The Morgan fingerprint density at radius 2 is 1.68 bits per heavy atom. The fourth-order valence-electron chi connectivity index (χ4n) is 5.54. The first-order valence-electron chi connectivity index (χ1n) is 11.1. The molecule has 0 bridgehead atoms. The molecule has 0 spiro atoms. The molecule has 0 amide bonds. The lowest BCUT2D eigenvalue weighted by Gasteiger charge is -2.41. The minimum atomic E-state index is -0.493. The Morgan fingerprint density at radius 3 is 2.21 bits per heavy atom. The van der Waals surface area contributed by atoms with Crippen LogP contribution in [0.5, 0.6) is 0 Å². The van der Waals surface area contributed by atoms with Crippen LogP contribution in [0.3, 0.4) is 0 Å². The van der Waals surface area contributed by atoms with Crippen molar-refractivity contribution in [2.75, 3.05) is 0 Å². The van der Waals surface area contributed by atoms with E-state index in [0.29, 0.717) is 5.41 Å². The highest BCUT2D eigenvalue weighted by Gasteiger charge is 2.42. The number of benzene rings is 1. The maximum atomic E-state index is 2.67. The number of hydrogen-bond donors (Lipinski definition) is 0. The second-order valence-corrected chi connectivity index (χ2v) is 12.0. The van der Waals surface area contributed by atoms with E-state index < -0.39 is 9.52 Å². The predicted octanol–water partition coefficient (Wildman–Crippen LogP) is 6.64. The predicted molar refractivity (Wildman–Crippen MR) is 128 cm³/mol. The van der Waals surface area contributed by atoms with Crippen LogP contribution in [0, 0.1) is 19.3 Å². The van der Waals surface area contributed by atoms with Gasteiger partial charge >= 0.3 is 0 Å². The van der Waals surface area contributed by atoms with E-state index in [1.165, 1.54) is 54.4 Å². The van der Waals surface area contributed by atoms with Gasteiger partial charge < -0.3 is 0 Å². The molecule has 0 N–H and O–H groups in total. The van der Waals surface area contributed by atoms with E-state index in [0.717, 1.165) is 0 Å². The summed E-state index contributed by atoms with van der Waals surface area (Å²) in [6, 6.07) is 7.23. The highest BCUT2D eigenvalue weighted by Crippen LogP contribution is 2.56. The van der Waals surface area contributed by atoms with Crippen molar-refractivity contribution in [3.05, 3.63) is 76.4 Å². The molecule has 2 aliphatic carbocycles. The van der Waals surface area contributed by atoms with Gasteiger partial charge in [-0.05, 0) is 64.9 Å². The fraction of sp³-hybridized carbons (Fsp3) is 0.481. The first-order chi connectivity index (χ1) is 13.3. The van der Waals surface area contributed by atoms with Crippen molar-refractivity contribution in [3.63, 3.8) is 0 Å². The molecule has 2 unspecified atom stereocenters. The molecule has 0 saturated heterocycles. The number of allylic oxidation sites excluding steroid dienone is 8. The minimum Gasteiger partial charge on any atom is -0.0837 e. The van der Waals surface area contributed by atoms with Crippen LogP contribution in [0.1, 0.15) is 70.9 Å². The van der Waals surface area contributed by atoms with Crippen molar-refractivity contribution in [1.82, 2.24) is 0 Å². The van der Waals surface area contributed by atoms with Crippen molar-refractivity contribution in [2.24, 2.45) is 5.41 Å². The van der Waals surface area contributed by atoms with E-state index in [4.69, 9.17) is 0 Å². The Hall–Kier alpha value is -1.60. The Bertz CT molecular complexity index is 831. The lowest BCUT2D eigenvalue weighted by Crippen LogP contribution is -2.35. The van der Waals surface area contributed by atoms with E-state index in [1.807, 2.05) is 0 Å². The van der Waals surface area contributed by atoms with Crippen LogP contribution >= 0.6 is 0 Å². The van der Waals surface area contributed by atoms with Crippen molar-refractivity contribution in [2.45, 2.75) is 78.7 Å². The molecule has 3 rings (SSSR count). The van der Waals surface area contributed by atoms with Crippen LogP contribution < -0.4 is 5.19 Å². The van der Waals surface area contributed by atoms with Crippen molar-refractivity contribution in [1.29, 1.82) is 0 Å². The second-order valence-electron chi connectivity index (χ2n) is 9.54. The quantitative estimate of drug-likeness (QED) is 0.458. The summed E-state index contributed by atoms with van der Waals surface area (Å²) in [5.74, 6) is 0. The molecule has 0 aromatic heterocycles. The molecule has 1 aromatic rings. The van der Waals surface area contributed by atoms with Crippen LogP contribution in [-0.4, -0.2) is 9.52 Å². The van der Waals surface area contributed by atoms with Crippen molar-refractivity contribution in [3.8, 4) is 0 Å². The minimum absolute atomic E-state index is 0.275. The van der Waals surface area contributed by atoms with E-state index in [2.05, 4.69) is 90.1 Å². The zero-order chi connectivity index (χ0) is 20.4. The largest absolute Gasteiger partial charge is 0.0837 e. The Morgan fingerprint density at radius 1 is 0.964 bits per heavy atom. The fourth-order valence-corrected chi connectivity index (χ4v) is 8.67. The molecule has 1 heteroatoms. The molecule has 0 saturated carbocycles. The van der Waals surface area contributed by atoms with Gasteiger partial charge in [0.15, 0.2) is 0 Å². The Balaban J connectivity index is 2.02. The maximum absolute atomic E-state index is 2.67. The normalized spacial score (nSPS) is 27.3. The number of rotatable bonds is 7. The zero-order valence-corrected chi connectivity index (χ0v) is 20.3. The maximum Gasteiger partial charge on any atom is 0.0706 e. The van der Waals surface area contributed by atoms with Crippen molar-refractivity contribution >= 4 is 14.7 Å². The van der Waals surface area contributed by atoms with Gasteiger partial charge in [-0.3, -0.25) is 0 Å². The number of unbranched alkanes of at least 4 members (excludes halogenated alkanes) is 1. The zero-order valence-electron chi connectivity index (χ0n) is 18.9. The third-order valence-electron chi connectivity index (χ3n) is 7.11. The Kier molecular flexibility index (Phi) is 6.34. The summed E-state index contributed by atoms with van der Waals surface area (Å²) in [7, 11) is -0.493. The highest BCUT2D eigenvalue weighted by molar-refractivity contribution is 6.58. The molecule has 2 atom stereocenters. The van der Waals surface area contributed by atoms with Gasteiger partial charge in [-0.25, -0.2) is 0 Å². The van der Waals surface area contributed by atoms with Crippen LogP contribution in [0.4, 0.5) is 0 Å². The van der Waals surface area contributed by atoms with Gasteiger partial charge in [0.2, 0.25) is 0 Å². The van der Waals surface area contributed by atoms with Gasteiger partial charge in [-0.2, -0.15) is 0 Å². The molecule has 0 radical (unpaired) electrons. The lowest BCUT2D eigenvalue weighted by molar-refractivity contribution is 0.295. The Labute approximate surface area is 175 Å². The standard InChI is InChI=1S/C27H38Si/c1-7-8-12-26(13-10-9-11-14-26)19-27(18-22(4)23(5)24(27)6)28-25-16-20(2)15-21(3)17-25/h9-11,13,15-18H,7-8,12,14,19,28H2,1-6H3. The molecule has 28 heavy (non-hydrogen) atoms. The van der Waals surface area contributed by atoms with Gasteiger partial charge in [0.05, 0.1) is 9.52 Å². The smallest absolute Gasteiger partial charge is 0.0706 e. The van der Waals surface area contributed by atoms with Gasteiger partial charge in [-0.1, -0.05) is 95.8 Å². The first-order valence-corrected chi connectivity index (χ1v) is 12.5. The van der Waals surface area contributed by atoms with Gasteiger partial charge in [0, 0.05) is 5.04 Å². The summed E-state index contributed by atoms with van der Waals surface area (Å²) < 4.78 is 0. The highest BCUT2D eigenvalue weighted by atomic mass is 28.2. The third-order valence-corrected chi connectivity index (χ3v) is 9.54. The molecule has 1 aromatic carbocycles. The summed E-state index contributed by atoms with van der Waals surface area (Å²) >= 11 is 0. The van der Waals surface area contributed by atoms with Crippen LogP contribution in [-0.2, 0) is 0 Å². The SMILES string of the molecule is CCCCC1(CC2([SiH2]c3cc(C)cc(C)c3)C=C(C)C(C)=C2C)C=CC=CC1. The molecular formula is C27H38Si. The summed E-state index contributed by atoms with van der Waals surface area (Å²) in [4.78, 5) is 0. The lowest BCUT2D eigenvalue weighted by atomic mass is 9.70. The molecule has 150 valence electrons. The monoisotopic (exact) mass is 390 g/mol. The second kappa shape index (κ2) is 8.41. The molecule has 0 aliphatic heterocycles. The third kappa shape index (κ3) is 4.35. The van der Waals surface area contributed by atoms with Crippen LogP contribution in [0.2, 0.25) is 5.04 Å². The average Bonchev–Trinajstić information content (AvgIpc) is 2.83. The number of hydrogen-bond acceptors (Lipinski definition) is 0. The van der Waals surface area contributed by atoms with Crippen LogP contribution in [0.15, 0.2) is 65.3 Å². The van der Waals surface area contributed by atoms with E-state index in [1.54, 1.807) is 10.8 Å². The van der Waals surface area contributed by atoms with E-state index in [9.17, 15) is 0 Å². The van der Waals surface area contributed by atoms with Gasteiger partial charge in [-0.15, -0.1) is 0 Å². The summed E-state index contributed by atoms with van der Waals surface area (Å²) in [5.41, 5.74) is 7.84. The summed E-state index contributed by atoms with van der Waals surface area (Å²) in [5, 5.41) is 1.90.